The molecule has 0 aromatic carbocycles. The molecular weight excluding hydrogens is 84.1 g/mol. The van der Waals surface area contributed by atoms with E-state index in [4.69, 9.17) is 0 Å². The van der Waals surface area contributed by atoms with Crippen molar-refractivity contribution in [1.82, 2.24) is 0 Å². The maximum atomic E-state index is 2.35. The molecule has 0 atom stereocenters. The summed E-state index contributed by atoms with van der Waals surface area (Å²) in [5, 5.41) is 0. The lowest BCUT2D eigenvalue weighted by Crippen LogP contribution is -1.85. The van der Waals surface area contributed by atoms with E-state index in [-0.39, 0.29) is 0 Å². The fraction of sp³-hybridized carbons (Fsp3) is 0.857. The van der Waals surface area contributed by atoms with Gasteiger partial charge in [-0.25, -0.2) is 0 Å². The predicted molar refractivity (Wildman–Crippen MR) is 34.0 cm³/mol. The highest BCUT2D eigenvalue weighted by Gasteiger charge is 1.75. The lowest BCUT2D eigenvalue weighted by atomic mass is 10.1. The van der Waals surface area contributed by atoms with Gasteiger partial charge in [-0.3, -0.25) is 0 Å². The summed E-state index contributed by atoms with van der Waals surface area (Å²) in [4.78, 5) is 0. The molecule has 0 aliphatic rings. The normalized spacial score (nSPS) is 10.3. The van der Waals surface area contributed by atoms with E-state index in [1.165, 1.54) is 12.8 Å². The first kappa shape index (κ1) is 7.00. The molecule has 0 amide bonds. The molecule has 0 fully saturated rings. The molecule has 0 radical (unpaired) electrons. The van der Waals surface area contributed by atoms with E-state index in [2.05, 4.69) is 27.2 Å². The van der Waals surface area contributed by atoms with Crippen molar-refractivity contribution < 1.29 is 0 Å². The second kappa shape index (κ2) is 4.17. The first-order valence-electron chi connectivity index (χ1n) is 3.10. The Morgan fingerprint density at radius 1 is 1.43 bits per heavy atom. The van der Waals surface area contributed by atoms with Crippen LogP contribution in [-0.2, 0) is 0 Å². The maximum Gasteiger partial charge on any atom is -0.0678 e. The fourth-order valence-corrected chi connectivity index (χ4v) is 0.500. The molecule has 0 nitrogen and oxygen atoms in total. The quantitative estimate of drug-likeness (QED) is 0.477. The molecule has 0 saturated carbocycles. The molecule has 0 saturated heterocycles. The molecule has 44 valence electrons. The molecule has 0 bridgehead atoms. The summed E-state index contributed by atoms with van der Waals surface area (Å²) in [6.45, 7) is 6.64. The second-order valence-electron chi connectivity index (χ2n) is 2.27. The summed E-state index contributed by atoms with van der Waals surface area (Å²) in [6.07, 6.45) is 4.91. The molecule has 0 aromatic heterocycles. The molecule has 0 heteroatoms. The summed E-state index contributed by atoms with van der Waals surface area (Å²) in [7, 11) is 0. The van der Waals surface area contributed by atoms with E-state index < -0.39 is 0 Å². The predicted octanol–water partition coefficient (Wildman–Crippen LogP) is 2.65. The number of rotatable bonds is 3. The number of hydrogen-bond acceptors (Lipinski definition) is 0. The average Bonchev–Trinajstić information content (AvgIpc) is 1.61. The van der Waals surface area contributed by atoms with E-state index in [1.54, 1.807) is 0 Å². The minimum atomic E-state index is 0.778. The highest BCUT2D eigenvalue weighted by Crippen LogP contribution is 2.02. The summed E-state index contributed by atoms with van der Waals surface area (Å²) < 4.78 is 0. The molecular formula is C7H15-. The Hall–Kier alpha value is 0. The van der Waals surface area contributed by atoms with Crippen molar-refractivity contribution in [3.05, 3.63) is 6.42 Å². The first-order chi connectivity index (χ1) is 3.27. The van der Waals surface area contributed by atoms with Gasteiger partial charge in [0.2, 0.25) is 0 Å². The monoisotopic (exact) mass is 99.1 g/mol. The van der Waals surface area contributed by atoms with Gasteiger partial charge in [-0.15, -0.1) is 0 Å². The zero-order chi connectivity index (χ0) is 5.70. The standard InChI is InChI=1S/C7H15/c1-4-5-6-7(2)3/h6-7H,4-5H2,1-3H3/q-1. The van der Waals surface area contributed by atoms with Gasteiger partial charge in [0.15, 0.2) is 0 Å². The van der Waals surface area contributed by atoms with Gasteiger partial charge in [-0.1, -0.05) is 27.2 Å². The van der Waals surface area contributed by atoms with Crippen molar-refractivity contribution in [3.8, 4) is 0 Å². The van der Waals surface area contributed by atoms with Crippen LogP contribution in [0.1, 0.15) is 33.6 Å². The Labute approximate surface area is 46.9 Å². The number of hydrogen-bond donors (Lipinski definition) is 0. The molecule has 0 rings (SSSR count). The topological polar surface area (TPSA) is 0 Å². The molecule has 0 heterocycles. The average molecular weight is 99.2 g/mol. The highest BCUT2D eigenvalue weighted by molar-refractivity contribution is 4.66. The first-order valence-corrected chi connectivity index (χ1v) is 3.10. The van der Waals surface area contributed by atoms with Crippen molar-refractivity contribution in [2.45, 2.75) is 33.6 Å². The molecule has 0 spiro atoms. The van der Waals surface area contributed by atoms with Crippen LogP contribution in [0.25, 0.3) is 0 Å². The summed E-state index contributed by atoms with van der Waals surface area (Å²) in [6, 6.07) is 0. The van der Waals surface area contributed by atoms with E-state index in [0.717, 1.165) is 5.92 Å². The van der Waals surface area contributed by atoms with Crippen molar-refractivity contribution in [2.24, 2.45) is 5.92 Å². The third-order valence-corrected chi connectivity index (χ3v) is 0.927. The Bertz CT molecular complexity index is 29.0. The fourth-order valence-electron chi connectivity index (χ4n) is 0.500. The van der Waals surface area contributed by atoms with Crippen LogP contribution in [0.4, 0.5) is 0 Å². The Morgan fingerprint density at radius 3 is 2.14 bits per heavy atom. The van der Waals surface area contributed by atoms with E-state index in [1.807, 2.05) is 0 Å². The zero-order valence-electron chi connectivity index (χ0n) is 5.57. The third-order valence-electron chi connectivity index (χ3n) is 0.927. The lowest BCUT2D eigenvalue weighted by molar-refractivity contribution is 0.692. The third kappa shape index (κ3) is 6.00. The Balaban J connectivity index is 2.68. The van der Waals surface area contributed by atoms with Gasteiger partial charge in [-0.05, 0) is 0 Å². The number of unbranched alkanes of at least 4 members (excludes halogenated alkanes) is 1. The molecule has 0 aliphatic heterocycles. The molecule has 0 aromatic rings. The van der Waals surface area contributed by atoms with Crippen LogP contribution in [0.15, 0.2) is 0 Å². The summed E-state index contributed by atoms with van der Waals surface area (Å²) in [5.74, 6) is 0.778. The van der Waals surface area contributed by atoms with E-state index in [0.29, 0.717) is 0 Å². The largest absolute Gasteiger partial charge is 0.326 e. The Morgan fingerprint density at radius 2 is 2.00 bits per heavy atom. The molecule has 0 unspecified atom stereocenters. The minimum Gasteiger partial charge on any atom is -0.326 e. The van der Waals surface area contributed by atoms with Crippen molar-refractivity contribution in [1.29, 1.82) is 0 Å². The van der Waals surface area contributed by atoms with Crippen LogP contribution in [-0.4, -0.2) is 0 Å². The lowest BCUT2D eigenvalue weighted by Gasteiger charge is -2.12. The van der Waals surface area contributed by atoms with Crippen LogP contribution < -0.4 is 0 Å². The van der Waals surface area contributed by atoms with Gasteiger partial charge in [0.25, 0.3) is 0 Å². The molecule has 0 aliphatic carbocycles. The minimum absolute atomic E-state index is 0.778. The summed E-state index contributed by atoms with van der Waals surface area (Å²) >= 11 is 0. The summed E-state index contributed by atoms with van der Waals surface area (Å²) in [5.41, 5.74) is 0. The van der Waals surface area contributed by atoms with Crippen LogP contribution in [0.5, 0.6) is 0 Å². The SMILES string of the molecule is CCC[CH-]C(C)C. The van der Waals surface area contributed by atoms with Crippen molar-refractivity contribution in [3.63, 3.8) is 0 Å². The van der Waals surface area contributed by atoms with Gasteiger partial charge in [-0.2, -0.15) is 12.3 Å². The van der Waals surface area contributed by atoms with E-state index >= 15 is 0 Å². The van der Waals surface area contributed by atoms with Gasteiger partial charge in [0.05, 0.1) is 0 Å². The van der Waals surface area contributed by atoms with Crippen LogP contribution in [0.3, 0.4) is 0 Å². The van der Waals surface area contributed by atoms with Gasteiger partial charge < -0.3 is 6.42 Å². The van der Waals surface area contributed by atoms with Gasteiger partial charge >= 0.3 is 0 Å². The zero-order valence-corrected chi connectivity index (χ0v) is 5.57. The van der Waals surface area contributed by atoms with Gasteiger partial charge in [0.1, 0.15) is 0 Å². The van der Waals surface area contributed by atoms with Crippen LogP contribution in [0, 0.1) is 12.3 Å². The van der Waals surface area contributed by atoms with Crippen molar-refractivity contribution >= 4 is 0 Å². The van der Waals surface area contributed by atoms with Crippen LogP contribution in [0.2, 0.25) is 0 Å². The molecule has 0 N–H and O–H groups in total. The maximum absolute atomic E-state index is 2.35. The van der Waals surface area contributed by atoms with Crippen LogP contribution >= 0.6 is 0 Å². The Kier molecular flexibility index (Phi) is 4.17. The molecule has 7 heavy (non-hydrogen) atoms. The highest BCUT2D eigenvalue weighted by atomic mass is 13.9. The van der Waals surface area contributed by atoms with Gasteiger partial charge in [0, 0.05) is 0 Å². The second-order valence-corrected chi connectivity index (χ2v) is 2.27. The van der Waals surface area contributed by atoms with E-state index in [9.17, 15) is 0 Å². The smallest absolute Gasteiger partial charge is 0.0678 e. The van der Waals surface area contributed by atoms with Crippen molar-refractivity contribution in [2.75, 3.05) is 0 Å².